The van der Waals surface area contributed by atoms with E-state index in [1.165, 1.54) is 0 Å². The van der Waals surface area contributed by atoms with Gasteiger partial charge < -0.3 is 5.32 Å². The number of nitrogens with zero attached hydrogens (tertiary/aromatic N) is 2. The number of hydrogen-bond donors (Lipinski definition) is 1. The van der Waals surface area contributed by atoms with Gasteiger partial charge in [-0.05, 0) is 55.5 Å². The molecule has 4 nitrogen and oxygen atoms in total. The van der Waals surface area contributed by atoms with Crippen LogP contribution in [0, 0.1) is 0 Å². The van der Waals surface area contributed by atoms with Crippen molar-refractivity contribution in [2.75, 3.05) is 0 Å². The molecule has 2 aromatic rings. The van der Waals surface area contributed by atoms with Crippen LogP contribution >= 0.6 is 0 Å². The zero-order chi connectivity index (χ0) is 17.2. The fourth-order valence-corrected chi connectivity index (χ4v) is 1.94. The van der Waals surface area contributed by atoms with Crippen LogP contribution in [0.4, 0.5) is 11.4 Å². The van der Waals surface area contributed by atoms with Gasteiger partial charge in [-0.3, -0.25) is 4.79 Å². The third kappa shape index (κ3) is 5.18. The lowest BCUT2D eigenvalue weighted by Gasteiger charge is -2.05. The van der Waals surface area contributed by atoms with E-state index in [9.17, 15) is 4.79 Å². The van der Waals surface area contributed by atoms with E-state index in [4.69, 9.17) is 0 Å². The molecule has 0 unspecified atom stereocenters. The van der Waals surface area contributed by atoms with Crippen LogP contribution in [0.5, 0.6) is 0 Å². The average Bonchev–Trinajstić information content (AvgIpc) is 2.62. The lowest BCUT2D eigenvalue weighted by atomic mass is 10.2. The highest BCUT2D eigenvalue weighted by Gasteiger charge is 2.05. The normalized spacial score (nSPS) is 11.8. The van der Waals surface area contributed by atoms with Gasteiger partial charge in [-0.25, -0.2) is 0 Å². The van der Waals surface area contributed by atoms with Crippen molar-refractivity contribution in [1.82, 2.24) is 5.32 Å². The lowest BCUT2D eigenvalue weighted by Crippen LogP contribution is -2.21. The lowest BCUT2D eigenvalue weighted by molar-refractivity contribution is 0.0967. The molecule has 0 aromatic heterocycles. The summed E-state index contributed by atoms with van der Waals surface area (Å²) in [6.07, 6.45) is 7.02. The van der Waals surface area contributed by atoms with E-state index in [-0.39, 0.29) is 5.91 Å². The van der Waals surface area contributed by atoms with Gasteiger partial charge in [0.25, 0.3) is 5.91 Å². The fraction of sp³-hybridized carbons (Fsp3) is 0.0500. The summed E-state index contributed by atoms with van der Waals surface area (Å²) >= 11 is 0. The molecule has 0 aliphatic heterocycles. The largest absolute Gasteiger partial charge is 0.322 e. The SMILES string of the molecule is C=C/C=C(\C=C/C)NC(=O)c1ccc(N=Nc2ccccc2)cc1. The molecule has 0 bridgehead atoms. The van der Waals surface area contributed by atoms with E-state index in [0.29, 0.717) is 16.9 Å². The molecule has 120 valence electrons. The molecule has 4 heteroatoms. The number of benzene rings is 2. The highest BCUT2D eigenvalue weighted by atomic mass is 16.1. The quantitative estimate of drug-likeness (QED) is 0.557. The van der Waals surface area contributed by atoms with Crippen molar-refractivity contribution in [1.29, 1.82) is 0 Å². The molecule has 0 aliphatic rings. The minimum Gasteiger partial charge on any atom is -0.322 e. The number of hydrogen-bond acceptors (Lipinski definition) is 3. The van der Waals surface area contributed by atoms with Crippen LogP contribution in [0.2, 0.25) is 0 Å². The molecule has 0 radical (unpaired) electrons. The summed E-state index contributed by atoms with van der Waals surface area (Å²) in [6, 6.07) is 16.4. The van der Waals surface area contributed by atoms with Gasteiger partial charge >= 0.3 is 0 Å². The summed E-state index contributed by atoms with van der Waals surface area (Å²) in [7, 11) is 0. The van der Waals surface area contributed by atoms with Crippen molar-refractivity contribution < 1.29 is 4.79 Å². The Morgan fingerprint density at radius 1 is 1.00 bits per heavy atom. The maximum atomic E-state index is 12.2. The van der Waals surface area contributed by atoms with Gasteiger partial charge in [0.15, 0.2) is 0 Å². The molecule has 0 aliphatic carbocycles. The maximum absolute atomic E-state index is 12.2. The number of nitrogens with one attached hydrogen (secondary N) is 1. The second-order valence-corrected chi connectivity index (χ2v) is 4.89. The number of rotatable bonds is 6. The first-order valence-corrected chi connectivity index (χ1v) is 7.56. The van der Waals surface area contributed by atoms with Crippen molar-refractivity contribution in [3.05, 3.63) is 96.7 Å². The van der Waals surface area contributed by atoms with E-state index >= 15 is 0 Å². The molecule has 0 heterocycles. The molecule has 0 spiro atoms. The molecule has 0 atom stereocenters. The van der Waals surface area contributed by atoms with Gasteiger partial charge in [0.2, 0.25) is 0 Å². The number of carbonyl (C=O) groups is 1. The molecule has 0 saturated heterocycles. The van der Waals surface area contributed by atoms with Crippen LogP contribution in [-0.4, -0.2) is 5.91 Å². The number of carbonyl (C=O) groups excluding carboxylic acids is 1. The Kier molecular flexibility index (Phi) is 6.41. The molecular formula is C20H19N3O. The summed E-state index contributed by atoms with van der Waals surface area (Å²) in [5.74, 6) is -0.187. The second-order valence-electron chi connectivity index (χ2n) is 4.89. The van der Waals surface area contributed by atoms with Gasteiger partial charge in [0.05, 0.1) is 11.4 Å². The maximum Gasteiger partial charge on any atom is 0.255 e. The molecule has 0 fully saturated rings. The number of azo groups is 1. The topological polar surface area (TPSA) is 53.8 Å². The molecule has 1 N–H and O–H groups in total. The van der Waals surface area contributed by atoms with E-state index in [2.05, 4.69) is 22.1 Å². The Hall–Kier alpha value is -3.27. The van der Waals surface area contributed by atoms with Crippen molar-refractivity contribution in [2.45, 2.75) is 6.92 Å². The van der Waals surface area contributed by atoms with E-state index < -0.39 is 0 Å². The standard InChI is InChI=1S/C20H19N3O/c1-3-8-17(9-4-2)21-20(24)16-12-14-19(15-13-16)23-22-18-10-6-5-7-11-18/h3-15H,1H2,2H3,(H,21,24)/b9-4-,17-8+,23-22?. The predicted molar refractivity (Wildman–Crippen MR) is 97.6 cm³/mol. The summed E-state index contributed by atoms with van der Waals surface area (Å²) in [5.41, 5.74) is 2.70. The summed E-state index contributed by atoms with van der Waals surface area (Å²) in [6.45, 7) is 5.52. The minimum absolute atomic E-state index is 0.187. The summed E-state index contributed by atoms with van der Waals surface area (Å²) in [5, 5.41) is 11.1. The van der Waals surface area contributed by atoms with Crippen LogP contribution < -0.4 is 5.32 Å². The average molecular weight is 317 g/mol. The van der Waals surface area contributed by atoms with Crippen molar-refractivity contribution in [2.24, 2.45) is 10.2 Å². The molecule has 1 amide bonds. The smallest absolute Gasteiger partial charge is 0.255 e. The highest BCUT2D eigenvalue weighted by molar-refractivity contribution is 5.95. The Labute approximate surface area is 141 Å². The molecule has 2 aromatic carbocycles. The van der Waals surface area contributed by atoms with E-state index in [1.54, 1.807) is 36.4 Å². The van der Waals surface area contributed by atoms with Crippen LogP contribution in [0.25, 0.3) is 0 Å². The minimum atomic E-state index is -0.187. The summed E-state index contributed by atoms with van der Waals surface area (Å²) < 4.78 is 0. The van der Waals surface area contributed by atoms with E-state index in [0.717, 1.165) is 5.69 Å². The van der Waals surface area contributed by atoms with E-state index in [1.807, 2.05) is 49.4 Å². The third-order valence-corrected chi connectivity index (χ3v) is 3.07. The Bertz CT molecular complexity index is 772. The predicted octanol–water partition coefficient (Wildman–Crippen LogP) is 5.48. The summed E-state index contributed by atoms with van der Waals surface area (Å²) in [4.78, 5) is 12.2. The molecule has 0 saturated carbocycles. The third-order valence-electron chi connectivity index (χ3n) is 3.07. The fourth-order valence-electron chi connectivity index (χ4n) is 1.94. The zero-order valence-corrected chi connectivity index (χ0v) is 13.5. The van der Waals surface area contributed by atoms with Crippen molar-refractivity contribution in [3.63, 3.8) is 0 Å². The van der Waals surface area contributed by atoms with Crippen LogP contribution in [0.3, 0.4) is 0 Å². The number of amides is 1. The monoisotopic (exact) mass is 317 g/mol. The van der Waals surface area contributed by atoms with Gasteiger partial charge in [0, 0.05) is 11.3 Å². The molecule has 2 rings (SSSR count). The highest BCUT2D eigenvalue weighted by Crippen LogP contribution is 2.18. The molecule has 24 heavy (non-hydrogen) atoms. The van der Waals surface area contributed by atoms with Crippen LogP contribution in [-0.2, 0) is 0 Å². The Morgan fingerprint density at radius 3 is 2.21 bits per heavy atom. The molecular weight excluding hydrogens is 298 g/mol. The first kappa shape index (κ1) is 17.1. The van der Waals surface area contributed by atoms with Gasteiger partial charge in [-0.2, -0.15) is 10.2 Å². The second kappa shape index (κ2) is 9.00. The first-order valence-electron chi connectivity index (χ1n) is 7.56. The number of allylic oxidation sites excluding steroid dienone is 4. The zero-order valence-electron chi connectivity index (χ0n) is 13.5. The van der Waals surface area contributed by atoms with Crippen molar-refractivity contribution in [3.8, 4) is 0 Å². The van der Waals surface area contributed by atoms with Crippen LogP contribution in [0.15, 0.2) is 101 Å². The van der Waals surface area contributed by atoms with Gasteiger partial charge in [0.1, 0.15) is 0 Å². The van der Waals surface area contributed by atoms with Gasteiger partial charge in [-0.1, -0.05) is 36.9 Å². The van der Waals surface area contributed by atoms with Gasteiger partial charge in [-0.15, -0.1) is 0 Å². The van der Waals surface area contributed by atoms with Crippen LogP contribution in [0.1, 0.15) is 17.3 Å². The Morgan fingerprint density at radius 2 is 1.62 bits per heavy atom. The van der Waals surface area contributed by atoms with Crippen molar-refractivity contribution >= 4 is 17.3 Å². The first-order chi connectivity index (χ1) is 11.7. The Balaban J connectivity index is 2.06.